The van der Waals surface area contributed by atoms with E-state index in [-0.39, 0.29) is 5.75 Å². The number of sulfonamides is 1. The summed E-state index contributed by atoms with van der Waals surface area (Å²) in [7, 11) is -1.40. The minimum atomic E-state index is -3.27. The molecule has 0 amide bonds. The third-order valence-electron chi connectivity index (χ3n) is 3.31. The van der Waals surface area contributed by atoms with E-state index in [0.29, 0.717) is 37.4 Å². The molecule has 1 aromatic carbocycles. The first kappa shape index (κ1) is 15.1. The average molecular weight is 298 g/mol. The van der Waals surface area contributed by atoms with Crippen LogP contribution in [0.5, 0.6) is 5.75 Å². The van der Waals surface area contributed by atoms with E-state index in [4.69, 9.17) is 4.74 Å². The number of hydrogen-bond donors (Lipinski definition) is 1. The van der Waals surface area contributed by atoms with Gasteiger partial charge in [0.25, 0.3) is 0 Å². The first-order valence-electron chi connectivity index (χ1n) is 7.02. The fourth-order valence-electron chi connectivity index (χ4n) is 2.28. The molecule has 1 aliphatic heterocycles. The van der Waals surface area contributed by atoms with Crippen LogP contribution in [0.25, 0.3) is 0 Å². The van der Waals surface area contributed by atoms with Crippen molar-refractivity contribution < 1.29 is 13.2 Å². The third-order valence-corrected chi connectivity index (χ3v) is 5.17. The molecule has 0 atom stereocenters. The molecule has 1 aromatic rings. The molecule has 1 N–H and O–H groups in total. The van der Waals surface area contributed by atoms with Crippen molar-refractivity contribution in [3.05, 3.63) is 24.3 Å². The van der Waals surface area contributed by atoms with E-state index in [1.807, 2.05) is 31.3 Å². The molecule has 1 aliphatic rings. The van der Waals surface area contributed by atoms with Crippen molar-refractivity contribution in [3.8, 4) is 5.75 Å². The van der Waals surface area contributed by atoms with E-state index in [1.54, 1.807) is 0 Å². The summed E-state index contributed by atoms with van der Waals surface area (Å²) in [6.07, 6.45) is 2.24. The van der Waals surface area contributed by atoms with E-state index >= 15 is 0 Å². The van der Waals surface area contributed by atoms with Gasteiger partial charge in [-0.15, -0.1) is 0 Å². The zero-order valence-corrected chi connectivity index (χ0v) is 12.7. The molecule has 0 spiro atoms. The predicted molar refractivity (Wildman–Crippen MR) is 80.8 cm³/mol. The van der Waals surface area contributed by atoms with Crippen LogP contribution in [0.3, 0.4) is 0 Å². The van der Waals surface area contributed by atoms with Gasteiger partial charge in [-0.1, -0.05) is 12.1 Å². The molecule has 0 aromatic heterocycles. The first-order chi connectivity index (χ1) is 9.65. The van der Waals surface area contributed by atoms with Crippen LogP contribution in [-0.4, -0.2) is 40.9 Å². The quantitative estimate of drug-likeness (QED) is 0.811. The number of unbranched alkanes of at least 4 members (excludes halogenated alkanes) is 1. The Kier molecular flexibility index (Phi) is 5.25. The number of ether oxygens (including phenoxy) is 1. The molecule has 0 unspecified atom stereocenters. The molecule has 0 saturated heterocycles. The first-order valence-corrected chi connectivity index (χ1v) is 8.63. The van der Waals surface area contributed by atoms with Crippen molar-refractivity contribution in [1.82, 2.24) is 5.32 Å². The van der Waals surface area contributed by atoms with Crippen LogP contribution in [0.15, 0.2) is 24.3 Å². The number of para-hydroxylation sites is 2. The van der Waals surface area contributed by atoms with Crippen LogP contribution in [0.2, 0.25) is 0 Å². The standard InChI is InChI=1S/C14H22N2O3S/c1-15-9-4-5-12-20(17,18)16-10-6-11-19-14-8-3-2-7-13(14)16/h2-3,7-8,15H,4-6,9-12H2,1H3. The maximum absolute atomic E-state index is 12.5. The number of anilines is 1. The lowest BCUT2D eigenvalue weighted by Gasteiger charge is -2.23. The zero-order chi connectivity index (χ0) is 14.4. The van der Waals surface area contributed by atoms with Gasteiger partial charge in [-0.25, -0.2) is 8.42 Å². The zero-order valence-electron chi connectivity index (χ0n) is 11.8. The summed E-state index contributed by atoms with van der Waals surface area (Å²) in [5.74, 6) is 0.840. The summed E-state index contributed by atoms with van der Waals surface area (Å²) in [5.41, 5.74) is 0.665. The van der Waals surface area contributed by atoms with Gasteiger partial charge in [-0.3, -0.25) is 4.31 Å². The minimum absolute atomic E-state index is 0.184. The topological polar surface area (TPSA) is 58.6 Å². The number of hydrogen-bond acceptors (Lipinski definition) is 4. The minimum Gasteiger partial charge on any atom is -0.491 e. The lowest BCUT2D eigenvalue weighted by molar-refractivity contribution is 0.322. The monoisotopic (exact) mass is 298 g/mol. The van der Waals surface area contributed by atoms with Gasteiger partial charge in [0, 0.05) is 13.0 Å². The molecule has 0 saturated carbocycles. The van der Waals surface area contributed by atoms with Crippen LogP contribution < -0.4 is 14.4 Å². The highest BCUT2D eigenvalue weighted by Crippen LogP contribution is 2.32. The molecule has 2 rings (SSSR count). The van der Waals surface area contributed by atoms with Gasteiger partial charge in [0.2, 0.25) is 10.0 Å². The average Bonchev–Trinajstić information content (AvgIpc) is 2.66. The smallest absolute Gasteiger partial charge is 0.235 e. The fraction of sp³-hybridized carbons (Fsp3) is 0.571. The summed E-state index contributed by atoms with van der Waals surface area (Å²) < 4.78 is 32.1. The van der Waals surface area contributed by atoms with Crippen LogP contribution in [0, 0.1) is 0 Å². The normalized spacial score (nSPS) is 15.3. The summed E-state index contributed by atoms with van der Waals surface area (Å²) in [5, 5.41) is 3.03. The molecule has 1 heterocycles. The van der Waals surface area contributed by atoms with E-state index in [1.165, 1.54) is 4.31 Å². The number of fused-ring (bicyclic) bond motifs is 1. The second-order valence-electron chi connectivity index (χ2n) is 4.87. The predicted octanol–water partition coefficient (Wildman–Crippen LogP) is 1.60. The van der Waals surface area contributed by atoms with Crippen molar-refractivity contribution in [2.24, 2.45) is 0 Å². The molecular weight excluding hydrogens is 276 g/mol. The maximum atomic E-state index is 12.5. The van der Waals surface area contributed by atoms with Gasteiger partial charge in [-0.2, -0.15) is 0 Å². The lowest BCUT2D eigenvalue weighted by Crippen LogP contribution is -2.33. The van der Waals surface area contributed by atoms with Crippen molar-refractivity contribution in [3.63, 3.8) is 0 Å². The van der Waals surface area contributed by atoms with E-state index in [2.05, 4.69) is 5.32 Å². The van der Waals surface area contributed by atoms with Crippen molar-refractivity contribution >= 4 is 15.7 Å². The Morgan fingerprint density at radius 2 is 2.10 bits per heavy atom. The summed E-state index contributed by atoms with van der Waals surface area (Å²) in [6, 6.07) is 7.34. The van der Waals surface area contributed by atoms with Gasteiger partial charge in [0.15, 0.2) is 0 Å². The number of nitrogens with one attached hydrogen (secondary N) is 1. The second-order valence-corrected chi connectivity index (χ2v) is 6.88. The number of rotatable bonds is 6. The SMILES string of the molecule is CNCCCCS(=O)(=O)N1CCCOc2ccccc21. The Bertz CT molecular complexity index is 531. The maximum Gasteiger partial charge on any atom is 0.235 e. The molecule has 0 radical (unpaired) electrons. The highest BCUT2D eigenvalue weighted by molar-refractivity contribution is 7.92. The molecule has 0 fully saturated rings. The van der Waals surface area contributed by atoms with Crippen molar-refractivity contribution in [1.29, 1.82) is 0 Å². The molecule has 0 aliphatic carbocycles. The Morgan fingerprint density at radius 3 is 2.90 bits per heavy atom. The summed E-state index contributed by atoms with van der Waals surface area (Å²) in [6.45, 7) is 1.89. The second kappa shape index (κ2) is 6.95. The van der Waals surface area contributed by atoms with E-state index in [0.717, 1.165) is 13.0 Å². The van der Waals surface area contributed by atoms with Gasteiger partial charge < -0.3 is 10.1 Å². The molecule has 112 valence electrons. The van der Waals surface area contributed by atoms with E-state index < -0.39 is 10.0 Å². The number of nitrogens with zero attached hydrogens (tertiary/aromatic N) is 1. The fourth-order valence-corrected chi connectivity index (χ4v) is 3.93. The van der Waals surface area contributed by atoms with Crippen molar-refractivity contribution in [2.45, 2.75) is 19.3 Å². The Labute approximate surface area is 121 Å². The highest BCUT2D eigenvalue weighted by atomic mass is 32.2. The highest BCUT2D eigenvalue weighted by Gasteiger charge is 2.26. The summed E-state index contributed by atoms with van der Waals surface area (Å²) in [4.78, 5) is 0. The lowest BCUT2D eigenvalue weighted by atomic mass is 10.3. The van der Waals surface area contributed by atoms with Crippen molar-refractivity contribution in [2.75, 3.05) is 36.8 Å². The third kappa shape index (κ3) is 3.64. The van der Waals surface area contributed by atoms with Crippen LogP contribution in [0.1, 0.15) is 19.3 Å². The Morgan fingerprint density at radius 1 is 1.30 bits per heavy atom. The van der Waals surface area contributed by atoms with E-state index in [9.17, 15) is 8.42 Å². The Balaban J connectivity index is 2.14. The summed E-state index contributed by atoms with van der Waals surface area (Å²) >= 11 is 0. The van der Waals surface area contributed by atoms with Crippen LogP contribution in [-0.2, 0) is 10.0 Å². The number of benzene rings is 1. The largest absolute Gasteiger partial charge is 0.491 e. The van der Waals surface area contributed by atoms with Gasteiger partial charge in [-0.05, 0) is 38.6 Å². The molecular formula is C14H22N2O3S. The molecule has 5 nitrogen and oxygen atoms in total. The molecule has 20 heavy (non-hydrogen) atoms. The van der Waals surface area contributed by atoms with Gasteiger partial charge in [0.05, 0.1) is 18.0 Å². The molecule has 6 heteroatoms. The van der Waals surface area contributed by atoms with Gasteiger partial charge in [0.1, 0.15) is 5.75 Å². The molecule has 0 bridgehead atoms. The Hall–Kier alpha value is -1.27. The van der Waals surface area contributed by atoms with Crippen LogP contribution >= 0.6 is 0 Å². The van der Waals surface area contributed by atoms with Gasteiger partial charge >= 0.3 is 0 Å². The van der Waals surface area contributed by atoms with Crippen LogP contribution in [0.4, 0.5) is 5.69 Å².